The highest BCUT2D eigenvalue weighted by Crippen LogP contribution is 2.55. The van der Waals surface area contributed by atoms with Gasteiger partial charge in [0, 0.05) is 82.1 Å². The van der Waals surface area contributed by atoms with Crippen LogP contribution in [0.3, 0.4) is 0 Å². The van der Waals surface area contributed by atoms with Gasteiger partial charge in [-0.05, 0) is 193 Å². The topological polar surface area (TPSA) is 40.6 Å². The lowest BCUT2D eigenvalue weighted by molar-refractivity contribution is 0.661. The van der Waals surface area contributed by atoms with E-state index in [1.165, 1.54) is 132 Å². The number of hydrogen-bond donors (Lipinski definition) is 0. The number of rotatable bonds is 6. The van der Waals surface area contributed by atoms with Gasteiger partial charge in [-0.3, -0.25) is 0 Å². The monoisotopic (exact) mass is 1200 g/mol. The van der Waals surface area contributed by atoms with Crippen molar-refractivity contribution in [1.29, 1.82) is 0 Å². The molecule has 3 aliphatic carbocycles. The zero-order valence-corrected chi connectivity index (χ0v) is 53.2. The van der Waals surface area contributed by atoms with Gasteiger partial charge in [-0.2, -0.15) is 0 Å². The maximum atomic E-state index is 5.64. The number of benzene rings is 13. The van der Waals surface area contributed by atoms with Crippen molar-refractivity contribution in [2.45, 2.75) is 57.8 Å². The summed E-state index contributed by atoms with van der Waals surface area (Å²) in [4.78, 5) is 11.1. The molecule has 0 bridgehead atoms. The van der Waals surface area contributed by atoms with Crippen LogP contribution in [0.15, 0.2) is 273 Å². The summed E-state index contributed by atoms with van der Waals surface area (Å²) in [6.45, 7) is 14.2. The molecule has 0 N–H and O–H groups in total. The van der Waals surface area contributed by atoms with Gasteiger partial charge in [-0.15, -0.1) is 0 Å². The average Bonchev–Trinajstić information content (AvgIpc) is 1.56. The molecule has 0 fully saturated rings. The minimum Gasteiger partial charge on any atom is -0.309 e. The Balaban J connectivity index is 0.719. The van der Waals surface area contributed by atoms with Crippen molar-refractivity contribution in [3.05, 3.63) is 306 Å². The number of aromatic nitrogens is 5. The fraction of sp³-hybridized carbons (Fsp3) is 0.101. The second-order valence-electron chi connectivity index (χ2n) is 28.1. The first-order valence-corrected chi connectivity index (χ1v) is 33.0. The molecule has 5 heteroatoms. The van der Waals surface area contributed by atoms with Crippen LogP contribution >= 0.6 is 0 Å². The molecular weight excluding hydrogens is 1140 g/mol. The van der Waals surface area contributed by atoms with Crippen LogP contribution in [0, 0.1) is 0 Å². The van der Waals surface area contributed by atoms with Gasteiger partial charge in [0.1, 0.15) is 0 Å². The lowest BCUT2D eigenvalue weighted by Gasteiger charge is -2.21. The highest BCUT2D eigenvalue weighted by molar-refractivity contribution is 6.14. The predicted molar refractivity (Wildman–Crippen MR) is 392 cm³/mol. The van der Waals surface area contributed by atoms with E-state index in [2.05, 4.69) is 328 Å². The van der Waals surface area contributed by atoms with Gasteiger partial charge in [-0.1, -0.05) is 199 Å². The van der Waals surface area contributed by atoms with E-state index in [9.17, 15) is 0 Å². The summed E-state index contributed by atoms with van der Waals surface area (Å²) >= 11 is 0. The van der Waals surface area contributed by atoms with E-state index in [0.717, 1.165) is 55.9 Å². The summed E-state index contributed by atoms with van der Waals surface area (Å²) < 4.78 is 7.35. The van der Waals surface area contributed by atoms with Gasteiger partial charge in [0.2, 0.25) is 0 Å². The molecule has 4 aromatic heterocycles. The number of hydrogen-bond acceptors (Lipinski definition) is 2. The molecule has 0 saturated carbocycles. The fourth-order valence-electron chi connectivity index (χ4n) is 17.3. The Hall–Kier alpha value is -11.4. The molecular formula is C89H63N5. The molecule has 94 heavy (non-hydrogen) atoms. The van der Waals surface area contributed by atoms with Gasteiger partial charge in [0.15, 0.2) is 5.82 Å². The third-order valence-electron chi connectivity index (χ3n) is 22.1. The van der Waals surface area contributed by atoms with Crippen LogP contribution < -0.4 is 0 Å². The SMILES string of the molecule is CC1(C)c2ccccc2-c2cc3c4ccccc4n(-c4ccc(-c5ccc6nc(-c7ccc(-n8c9ccccc9c9cc%10c(cc98)C(C)(C)c8ccccc8-%10)cc7)nc(-c7ccc(-n8c9ccccc9c9cc%10c(cc98)C(C)(C)c8ccccc8-%10)cc7)c6c5)cc4)c3cc21. The van der Waals surface area contributed by atoms with E-state index in [1.807, 2.05) is 0 Å². The lowest BCUT2D eigenvalue weighted by Crippen LogP contribution is -2.14. The van der Waals surface area contributed by atoms with E-state index < -0.39 is 0 Å². The minimum atomic E-state index is -0.132. The minimum absolute atomic E-state index is 0.114. The van der Waals surface area contributed by atoms with Crippen molar-refractivity contribution >= 4 is 76.3 Å². The zero-order valence-electron chi connectivity index (χ0n) is 53.2. The summed E-state index contributed by atoms with van der Waals surface area (Å²) in [5, 5.41) is 8.52. The van der Waals surface area contributed by atoms with Crippen molar-refractivity contribution in [3.8, 4) is 84.2 Å². The van der Waals surface area contributed by atoms with Gasteiger partial charge in [0.05, 0.1) is 44.3 Å². The summed E-state index contributed by atoms with van der Waals surface area (Å²) in [6, 6.07) is 102. The standard InChI is InChI=1S/C89H63N5/c1-87(2)72-25-13-7-19-59(72)65-46-68-62-22-10-16-28-79(62)92(82(68)49-75(65)87)56-38-31-52(32-39-56)55-37-44-78-71(45-55)85(53-33-40-57(41-34-53)93-80-29-17-11-23-63(80)69-47-66-60-20-8-14-26-73(60)88(3,4)76(66)50-83(69)93)91-86(90-78)54-35-42-58(43-36-54)94-81-30-18-12-24-64(81)70-48-67-61-21-9-15-27-74(61)89(5,6)77(67)51-84(70)94/h7-51H,1-6H3. The number of para-hydroxylation sites is 3. The Morgan fingerprint density at radius 3 is 0.979 bits per heavy atom. The Kier molecular flexibility index (Phi) is 10.7. The van der Waals surface area contributed by atoms with Crippen LogP contribution in [0.2, 0.25) is 0 Å². The molecule has 0 atom stereocenters. The van der Waals surface area contributed by atoms with E-state index in [1.54, 1.807) is 0 Å². The zero-order chi connectivity index (χ0) is 62.7. The largest absolute Gasteiger partial charge is 0.309 e. The quantitative estimate of drug-likeness (QED) is 0.166. The van der Waals surface area contributed by atoms with Gasteiger partial charge >= 0.3 is 0 Å². The van der Waals surface area contributed by atoms with Crippen LogP contribution in [0.25, 0.3) is 161 Å². The molecule has 3 aliphatic rings. The number of fused-ring (bicyclic) bond motifs is 19. The van der Waals surface area contributed by atoms with E-state index in [-0.39, 0.29) is 16.2 Å². The van der Waals surface area contributed by atoms with Crippen molar-refractivity contribution < 1.29 is 0 Å². The Bertz CT molecular complexity index is 6160. The Morgan fingerprint density at radius 1 is 0.234 bits per heavy atom. The molecule has 20 rings (SSSR count). The smallest absolute Gasteiger partial charge is 0.160 e. The van der Waals surface area contributed by atoms with Crippen LogP contribution in [-0.2, 0) is 16.2 Å². The summed E-state index contributed by atoms with van der Waals surface area (Å²) in [5.74, 6) is 0.679. The first-order valence-electron chi connectivity index (χ1n) is 33.0. The van der Waals surface area contributed by atoms with Crippen LogP contribution in [0.1, 0.15) is 74.9 Å². The Labute approximate surface area is 545 Å². The molecule has 4 heterocycles. The van der Waals surface area contributed by atoms with Crippen molar-refractivity contribution in [1.82, 2.24) is 23.7 Å². The van der Waals surface area contributed by atoms with Gasteiger partial charge < -0.3 is 13.7 Å². The highest BCUT2D eigenvalue weighted by atomic mass is 15.0. The molecule has 17 aromatic rings. The third-order valence-corrected chi connectivity index (χ3v) is 22.1. The Morgan fingerprint density at radius 2 is 0.574 bits per heavy atom. The normalized spacial score (nSPS) is 14.5. The molecule has 0 radical (unpaired) electrons. The molecule has 0 aliphatic heterocycles. The second kappa shape index (κ2) is 18.9. The molecule has 444 valence electrons. The predicted octanol–water partition coefficient (Wildman–Crippen LogP) is 22.8. The van der Waals surface area contributed by atoms with Crippen molar-refractivity contribution in [2.75, 3.05) is 0 Å². The van der Waals surface area contributed by atoms with Crippen LogP contribution in [0.5, 0.6) is 0 Å². The molecule has 0 spiro atoms. The van der Waals surface area contributed by atoms with Crippen molar-refractivity contribution in [2.24, 2.45) is 0 Å². The van der Waals surface area contributed by atoms with Crippen LogP contribution in [-0.4, -0.2) is 23.7 Å². The number of nitrogens with zero attached hydrogens (tertiary/aromatic N) is 5. The maximum Gasteiger partial charge on any atom is 0.160 e. The van der Waals surface area contributed by atoms with E-state index >= 15 is 0 Å². The van der Waals surface area contributed by atoms with E-state index in [0.29, 0.717) is 5.82 Å². The molecule has 13 aromatic carbocycles. The summed E-state index contributed by atoms with van der Waals surface area (Å²) in [6.07, 6.45) is 0. The first-order chi connectivity index (χ1) is 45.9. The average molecular weight is 1200 g/mol. The summed E-state index contributed by atoms with van der Waals surface area (Å²) in [5.41, 5.74) is 32.3. The molecule has 0 amide bonds. The second-order valence-corrected chi connectivity index (χ2v) is 28.1. The van der Waals surface area contributed by atoms with Gasteiger partial charge in [0.25, 0.3) is 0 Å². The fourth-order valence-corrected chi connectivity index (χ4v) is 17.3. The summed E-state index contributed by atoms with van der Waals surface area (Å²) in [7, 11) is 0. The van der Waals surface area contributed by atoms with Crippen molar-refractivity contribution in [3.63, 3.8) is 0 Å². The first kappa shape index (κ1) is 53.3. The highest BCUT2D eigenvalue weighted by Gasteiger charge is 2.39. The van der Waals surface area contributed by atoms with Gasteiger partial charge in [-0.25, -0.2) is 9.97 Å². The lowest BCUT2D eigenvalue weighted by atomic mass is 9.82. The van der Waals surface area contributed by atoms with E-state index in [4.69, 9.17) is 9.97 Å². The molecule has 0 saturated heterocycles. The molecule has 5 nitrogen and oxygen atoms in total. The van der Waals surface area contributed by atoms with Crippen LogP contribution in [0.4, 0.5) is 0 Å². The maximum absolute atomic E-state index is 5.64. The molecule has 0 unspecified atom stereocenters. The third kappa shape index (κ3) is 7.24.